The van der Waals surface area contributed by atoms with Crippen molar-refractivity contribution in [1.29, 1.82) is 0 Å². The molecule has 1 unspecified atom stereocenters. The SMILES string of the molecule is CC1CN(c2nnc(-c3ccc(C(=O)N(C)C)c(Cl)c3)s2)CCN1C(=O)OC(C)(C)C. The lowest BCUT2D eigenvalue weighted by molar-refractivity contribution is 0.0159. The number of hydrogen-bond donors (Lipinski definition) is 0. The largest absolute Gasteiger partial charge is 0.444 e. The van der Waals surface area contributed by atoms with Gasteiger partial charge >= 0.3 is 6.09 Å². The van der Waals surface area contributed by atoms with Gasteiger partial charge in [0.05, 0.1) is 10.6 Å². The minimum Gasteiger partial charge on any atom is -0.444 e. The van der Waals surface area contributed by atoms with Crippen LogP contribution in [0.2, 0.25) is 5.02 Å². The van der Waals surface area contributed by atoms with Crippen molar-refractivity contribution >= 4 is 40.1 Å². The van der Waals surface area contributed by atoms with E-state index in [1.807, 2.05) is 33.8 Å². The lowest BCUT2D eigenvalue weighted by Gasteiger charge is -2.39. The lowest BCUT2D eigenvalue weighted by atomic mass is 10.1. The molecular weight excluding hydrogens is 438 g/mol. The van der Waals surface area contributed by atoms with Crippen LogP contribution in [-0.2, 0) is 4.74 Å². The van der Waals surface area contributed by atoms with Gasteiger partial charge in [0.25, 0.3) is 5.91 Å². The smallest absolute Gasteiger partial charge is 0.410 e. The first-order valence-corrected chi connectivity index (χ1v) is 11.3. The van der Waals surface area contributed by atoms with Crippen molar-refractivity contribution in [1.82, 2.24) is 20.0 Å². The number of carbonyl (C=O) groups excluding carboxylic acids is 2. The van der Waals surface area contributed by atoms with Crippen molar-refractivity contribution in [2.45, 2.75) is 39.3 Å². The van der Waals surface area contributed by atoms with Crippen molar-refractivity contribution < 1.29 is 14.3 Å². The first-order valence-electron chi connectivity index (χ1n) is 10.1. The fourth-order valence-electron chi connectivity index (χ4n) is 3.25. The van der Waals surface area contributed by atoms with Crippen LogP contribution in [0.4, 0.5) is 9.93 Å². The van der Waals surface area contributed by atoms with E-state index >= 15 is 0 Å². The molecule has 1 aliphatic rings. The molecule has 3 rings (SSSR count). The second-order valence-electron chi connectivity index (χ2n) is 8.75. The number of rotatable bonds is 3. The molecule has 1 aromatic carbocycles. The van der Waals surface area contributed by atoms with Crippen LogP contribution in [-0.4, -0.2) is 77.4 Å². The molecule has 8 nitrogen and oxygen atoms in total. The summed E-state index contributed by atoms with van der Waals surface area (Å²) in [5.74, 6) is -0.147. The lowest BCUT2D eigenvalue weighted by Crippen LogP contribution is -2.55. The summed E-state index contributed by atoms with van der Waals surface area (Å²) in [4.78, 5) is 30.0. The van der Waals surface area contributed by atoms with Gasteiger partial charge in [-0.3, -0.25) is 4.79 Å². The minimum absolute atomic E-state index is 0.0123. The van der Waals surface area contributed by atoms with Gasteiger partial charge in [0.15, 0.2) is 0 Å². The van der Waals surface area contributed by atoms with E-state index in [2.05, 4.69) is 15.1 Å². The second kappa shape index (κ2) is 9.00. The third-order valence-electron chi connectivity index (χ3n) is 4.79. The third kappa shape index (κ3) is 5.46. The Kier molecular flexibility index (Phi) is 6.76. The monoisotopic (exact) mass is 465 g/mol. The van der Waals surface area contributed by atoms with E-state index in [4.69, 9.17) is 16.3 Å². The third-order valence-corrected chi connectivity index (χ3v) is 6.14. The van der Waals surface area contributed by atoms with Crippen molar-refractivity contribution in [3.63, 3.8) is 0 Å². The first kappa shape index (κ1) is 23.3. The molecular formula is C21H28ClN5O3S. The van der Waals surface area contributed by atoms with Gasteiger partial charge in [0, 0.05) is 45.3 Å². The number of anilines is 1. The number of piperazine rings is 1. The number of hydrogen-bond acceptors (Lipinski definition) is 7. The van der Waals surface area contributed by atoms with Gasteiger partial charge in [0.1, 0.15) is 10.6 Å². The van der Waals surface area contributed by atoms with Crippen LogP contribution < -0.4 is 4.90 Å². The number of ether oxygens (including phenoxy) is 1. The molecule has 0 N–H and O–H groups in total. The molecule has 31 heavy (non-hydrogen) atoms. The highest BCUT2D eigenvalue weighted by Gasteiger charge is 2.32. The summed E-state index contributed by atoms with van der Waals surface area (Å²) in [5, 5.41) is 10.5. The van der Waals surface area contributed by atoms with E-state index in [-0.39, 0.29) is 18.0 Å². The van der Waals surface area contributed by atoms with Crippen LogP contribution in [0.3, 0.4) is 0 Å². The number of halogens is 1. The molecule has 168 valence electrons. The zero-order valence-electron chi connectivity index (χ0n) is 18.7. The van der Waals surface area contributed by atoms with E-state index in [1.165, 1.54) is 16.2 Å². The van der Waals surface area contributed by atoms with Gasteiger partial charge in [-0.15, -0.1) is 10.2 Å². The highest BCUT2D eigenvalue weighted by atomic mass is 35.5. The maximum Gasteiger partial charge on any atom is 0.410 e. The van der Waals surface area contributed by atoms with E-state index in [9.17, 15) is 9.59 Å². The topological polar surface area (TPSA) is 78.9 Å². The summed E-state index contributed by atoms with van der Waals surface area (Å²) in [6.07, 6.45) is -0.292. The molecule has 1 aromatic heterocycles. The standard InChI is InChI=1S/C21H28ClN5O3S/c1-13-12-26(9-10-27(13)20(29)30-21(2,3)4)19-24-23-17(31-19)14-7-8-15(16(22)11-14)18(28)25(5)6/h7-8,11,13H,9-10,12H2,1-6H3. The molecule has 0 radical (unpaired) electrons. The van der Waals surface area contributed by atoms with Crippen LogP contribution >= 0.6 is 22.9 Å². The van der Waals surface area contributed by atoms with Crippen molar-refractivity contribution in [3.05, 3.63) is 28.8 Å². The van der Waals surface area contributed by atoms with Crippen LogP contribution in [0.25, 0.3) is 10.6 Å². The normalized spacial score (nSPS) is 16.9. The van der Waals surface area contributed by atoms with Crippen molar-refractivity contribution in [2.24, 2.45) is 0 Å². The Bertz CT molecular complexity index is 972. The van der Waals surface area contributed by atoms with Gasteiger partial charge in [-0.25, -0.2) is 4.79 Å². The molecule has 2 aromatic rings. The molecule has 1 atom stereocenters. The molecule has 1 fully saturated rings. The number of carbonyl (C=O) groups is 2. The average Bonchev–Trinajstić information content (AvgIpc) is 3.16. The molecule has 1 saturated heterocycles. The van der Waals surface area contributed by atoms with E-state index in [0.717, 1.165) is 15.7 Å². The van der Waals surface area contributed by atoms with Crippen LogP contribution in [0.15, 0.2) is 18.2 Å². The summed E-state index contributed by atoms with van der Waals surface area (Å²) >= 11 is 7.79. The fourth-order valence-corrected chi connectivity index (χ4v) is 4.38. The molecule has 0 bridgehead atoms. The number of nitrogens with zero attached hydrogens (tertiary/aromatic N) is 5. The Morgan fingerprint density at radius 1 is 1.23 bits per heavy atom. The predicted octanol–water partition coefficient (Wildman–Crippen LogP) is 4.01. The molecule has 2 heterocycles. The van der Waals surface area contributed by atoms with E-state index in [1.54, 1.807) is 31.1 Å². The van der Waals surface area contributed by atoms with E-state index < -0.39 is 5.60 Å². The zero-order valence-corrected chi connectivity index (χ0v) is 20.3. The number of benzene rings is 1. The van der Waals surface area contributed by atoms with E-state index in [0.29, 0.717) is 30.2 Å². The predicted molar refractivity (Wildman–Crippen MR) is 123 cm³/mol. The Balaban J connectivity index is 1.70. The van der Waals surface area contributed by atoms with Gasteiger partial charge in [-0.1, -0.05) is 29.0 Å². The van der Waals surface area contributed by atoms with Crippen LogP contribution in [0.1, 0.15) is 38.1 Å². The Morgan fingerprint density at radius 3 is 2.52 bits per heavy atom. The summed E-state index contributed by atoms with van der Waals surface area (Å²) in [6.45, 7) is 9.44. The zero-order chi connectivity index (χ0) is 22.9. The number of aromatic nitrogens is 2. The quantitative estimate of drug-likeness (QED) is 0.681. The molecule has 0 saturated carbocycles. The summed E-state index contributed by atoms with van der Waals surface area (Å²) < 4.78 is 5.51. The van der Waals surface area contributed by atoms with Gasteiger partial charge in [-0.2, -0.15) is 0 Å². The Labute approximate surface area is 191 Å². The van der Waals surface area contributed by atoms with Gasteiger partial charge in [0.2, 0.25) is 5.13 Å². The van der Waals surface area contributed by atoms with Crippen molar-refractivity contribution in [2.75, 3.05) is 38.6 Å². The van der Waals surface area contributed by atoms with Crippen LogP contribution in [0, 0.1) is 0 Å². The van der Waals surface area contributed by atoms with Crippen LogP contribution in [0.5, 0.6) is 0 Å². The Hall–Kier alpha value is -2.39. The molecule has 0 aliphatic carbocycles. The molecule has 2 amide bonds. The Morgan fingerprint density at radius 2 is 1.94 bits per heavy atom. The first-order chi connectivity index (χ1) is 14.5. The second-order valence-corrected chi connectivity index (χ2v) is 10.1. The highest BCUT2D eigenvalue weighted by Crippen LogP contribution is 2.32. The van der Waals surface area contributed by atoms with Crippen molar-refractivity contribution in [3.8, 4) is 10.6 Å². The fraction of sp³-hybridized carbons (Fsp3) is 0.524. The maximum absolute atomic E-state index is 12.4. The summed E-state index contributed by atoms with van der Waals surface area (Å²) in [5.41, 5.74) is 0.743. The maximum atomic E-state index is 12.4. The molecule has 1 aliphatic heterocycles. The highest BCUT2D eigenvalue weighted by molar-refractivity contribution is 7.18. The number of amides is 2. The molecule has 0 spiro atoms. The van der Waals surface area contributed by atoms with Gasteiger partial charge in [-0.05, 0) is 39.8 Å². The van der Waals surface area contributed by atoms with Gasteiger partial charge < -0.3 is 19.4 Å². The minimum atomic E-state index is -0.518. The molecule has 10 heteroatoms. The summed E-state index contributed by atoms with van der Waals surface area (Å²) in [7, 11) is 3.38. The average molecular weight is 466 g/mol. The summed E-state index contributed by atoms with van der Waals surface area (Å²) in [6, 6.07) is 5.27.